The van der Waals surface area contributed by atoms with E-state index in [-0.39, 0.29) is 23.0 Å². The van der Waals surface area contributed by atoms with Gasteiger partial charge in [0.2, 0.25) is 5.82 Å². The van der Waals surface area contributed by atoms with Crippen molar-refractivity contribution >= 4 is 0 Å². The Labute approximate surface area is 121 Å². The molecule has 0 spiro atoms. The molecule has 0 atom stereocenters. The van der Waals surface area contributed by atoms with Gasteiger partial charge < -0.3 is 24.2 Å². The maximum absolute atomic E-state index is 9.86. The summed E-state index contributed by atoms with van der Waals surface area (Å²) in [6.07, 6.45) is 1.27. The number of methoxy groups -OCH3 is 1. The molecule has 2 N–H and O–H groups in total. The minimum atomic E-state index is -0.632. The van der Waals surface area contributed by atoms with Crippen molar-refractivity contribution in [3.8, 4) is 23.0 Å². The van der Waals surface area contributed by atoms with Gasteiger partial charge >= 0.3 is 0 Å². The SMILES string of the molecule is COC1(c2noc(-c3cccc(O)c3O)n2)CCOCC1. The van der Waals surface area contributed by atoms with E-state index in [2.05, 4.69) is 10.1 Å². The van der Waals surface area contributed by atoms with Crippen LogP contribution < -0.4 is 0 Å². The van der Waals surface area contributed by atoms with E-state index >= 15 is 0 Å². The van der Waals surface area contributed by atoms with Gasteiger partial charge in [0.05, 0.1) is 5.56 Å². The molecule has 2 heterocycles. The van der Waals surface area contributed by atoms with Gasteiger partial charge in [0, 0.05) is 33.2 Å². The van der Waals surface area contributed by atoms with Gasteiger partial charge in [-0.3, -0.25) is 0 Å². The number of phenolic OH excluding ortho intramolecular Hbond substituents is 2. The lowest BCUT2D eigenvalue weighted by Gasteiger charge is -2.32. The summed E-state index contributed by atoms with van der Waals surface area (Å²) in [5.41, 5.74) is -0.348. The van der Waals surface area contributed by atoms with E-state index in [4.69, 9.17) is 14.0 Å². The zero-order chi connectivity index (χ0) is 14.9. The lowest BCUT2D eigenvalue weighted by Crippen LogP contribution is -2.36. The summed E-state index contributed by atoms with van der Waals surface area (Å²) < 4.78 is 16.1. The van der Waals surface area contributed by atoms with Gasteiger partial charge in [0.15, 0.2) is 11.5 Å². The Balaban J connectivity index is 1.98. The number of para-hydroxylation sites is 1. The molecule has 0 amide bonds. The first-order valence-corrected chi connectivity index (χ1v) is 6.65. The molecule has 21 heavy (non-hydrogen) atoms. The highest BCUT2D eigenvalue weighted by atomic mass is 16.5. The molecule has 1 aromatic carbocycles. The zero-order valence-electron chi connectivity index (χ0n) is 11.6. The number of aromatic nitrogens is 2. The van der Waals surface area contributed by atoms with Crippen LogP contribution in [-0.2, 0) is 15.1 Å². The fourth-order valence-corrected chi connectivity index (χ4v) is 2.44. The van der Waals surface area contributed by atoms with Crippen molar-refractivity contribution < 1.29 is 24.2 Å². The van der Waals surface area contributed by atoms with Crippen LogP contribution in [0.5, 0.6) is 11.5 Å². The molecule has 0 radical (unpaired) electrons. The van der Waals surface area contributed by atoms with Crippen LogP contribution in [0.1, 0.15) is 18.7 Å². The molecule has 1 aliphatic heterocycles. The average molecular weight is 292 g/mol. The Morgan fingerprint density at radius 1 is 1.24 bits per heavy atom. The molecule has 3 rings (SSSR count). The van der Waals surface area contributed by atoms with Crippen molar-refractivity contribution in [1.82, 2.24) is 10.1 Å². The van der Waals surface area contributed by atoms with Crippen molar-refractivity contribution in [2.24, 2.45) is 0 Å². The molecule has 1 saturated heterocycles. The number of rotatable bonds is 3. The maximum Gasteiger partial charge on any atom is 0.261 e. The van der Waals surface area contributed by atoms with E-state index in [9.17, 15) is 10.2 Å². The number of nitrogens with zero attached hydrogens (tertiary/aromatic N) is 2. The molecule has 1 aliphatic rings. The first-order chi connectivity index (χ1) is 10.2. The van der Waals surface area contributed by atoms with Crippen LogP contribution in [0.25, 0.3) is 11.5 Å². The van der Waals surface area contributed by atoms with E-state index in [0.29, 0.717) is 31.9 Å². The van der Waals surface area contributed by atoms with Crippen molar-refractivity contribution in [2.45, 2.75) is 18.4 Å². The van der Waals surface area contributed by atoms with Crippen LogP contribution >= 0.6 is 0 Å². The van der Waals surface area contributed by atoms with E-state index in [1.807, 2.05) is 0 Å². The van der Waals surface area contributed by atoms with Gasteiger partial charge in [-0.15, -0.1) is 0 Å². The van der Waals surface area contributed by atoms with Crippen LogP contribution in [0.15, 0.2) is 22.7 Å². The number of benzene rings is 1. The summed E-state index contributed by atoms with van der Waals surface area (Å²) in [6.45, 7) is 1.13. The molecule has 112 valence electrons. The van der Waals surface area contributed by atoms with Crippen molar-refractivity contribution in [2.75, 3.05) is 20.3 Å². The molecule has 7 nitrogen and oxygen atoms in total. The summed E-state index contributed by atoms with van der Waals surface area (Å²) in [7, 11) is 1.60. The second kappa shape index (κ2) is 5.34. The summed E-state index contributed by atoms with van der Waals surface area (Å²) in [4.78, 5) is 4.32. The number of phenols is 2. The maximum atomic E-state index is 9.86. The minimum Gasteiger partial charge on any atom is -0.504 e. The zero-order valence-corrected chi connectivity index (χ0v) is 11.6. The Morgan fingerprint density at radius 2 is 2.00 bits per heavy atom. The largest absolute Gasteiger partial charge is 0.504 e. The molecule has 0 bridgehead atoms. The van der Waals surface area contributed by atoms with Gasteiger partial charge in [-0.2, -0.15) is 4.98 Å². The number of hydrogen-bond donors (Lipinski definition) is 2. The van der Waals surface area contributed by atoms with Gasteiger partial charge in [0.1, 0.15) is 5.60 Å². The van der Waals surface area contributed by atoms with E-state index in [0.717, 1.165) is 0 Å². The van der Waals surface area contributed by atoms with Crippen molar-refractivity contribution in [3.05, 3.63) is 24.0 Å². The molecule has 0 unspecified atom stereocenters. The Hall–Kier alpha value is -2.12. The molecule has 1 aromatic heterocycles. The lowest BCUT2D eigenvalue weighted by molar-refractivity contribution is -0.101. The smallest absolute Gasteiger partial charge is 0.261 e. The average Bonchev–Trinajstić information content (AvgIpc) is 3.01. The Kier molecular flexibility index (Phi) is 3.52. The highest BCUT2D eigenvalue weighted by Crippen LogP contribution is 2.38. The summed E-state index contributed by atoms with van der Waals surface area (Å²) in [6, 6.07) is 4.57. The predicted octanol–water partition coefficient (Wildman–Crippen LogP) is 1.80. The van der Waals surface area contributed by atoms with Crippen molar-refractivity contribution in [3.63, 3.8) is 0 Å². The van der Waals surface area contributed by atoms with E-state index in [1.165, 1.54) is 6.07 Å². The molecule has 2 aromatic rings. The lowest BCUT2D eigenvalue weighted by atomic mass is 9.93. The third-order valence-electron chi connectivity index (χ3n) is 3.77. The molecule has 0 aliphatic carbocycles. The molecule has 7 heteroatoms. The van der Waals surface area contributed by atoms with Gasteiger partial charge in [-0.1, -0.05) is 11.2 Å². The summed E-state index contributed by atoms with van der Waals surface area (Å²) >= 11 is 0. The fraction of sp³-hybridized carbons (Fsp3) is 0.429. The molecule has 0 saturated carbocycles. The second-order valence-corrected chi connectivity index (χ2v) is 4.91. The standard InChI is InChI=1S/C14H16N2O5/c1-19-14(5-7-20-8-6-14)13-15-12(21-16-13)9-3-2-4-10(17)11(9)18/h2-4,17-18H,5-8H2,1H3. The third-order valence-corrected chi connectivity index (χ3v) is 3.77. The third kappa shape index (κ3) is 2.34. The van der Waals surface area contributed by atoms with E-state index in [1.54, 1.807) is 19.2 Å². The molecular weight excluding hydrogens is 276 g/mol. The van der Waals surface area contributed by atoms with Gasteiger partial charge in [-0.25, -0.2) is 0 Å². The normalized spacial score (nSPS) is 17.8. The van der Waals surface area contributed by atoms with Gasteiger partial charge in [-0.05, 0) is 12.1 Å². The Morgan fingerprint density at radius 3 is 2.71 bits per heavy atom. The van der Waals surface area contributed by atoms with Crippen LogP contribution in [0.3, 0.4) is 0 Å². The number of ether oxygens (including phenoxy) is 2. The highest BCUT2D eigenvalue weighted by Gasteiger charge is 2.39. The fourth-order valence-electron chi connectivity index (χ4n) is 2.44. The summed E-state index contributed by atoms with van der Waals surface area (Å²) in [5.74, 6) is 0.0401. The van der Waals surface area contributed by atoms with E-state index < -0.39 is 5.60 Å². The molecular formula is C14H16N2O5. The predicted molar refractivity (Wildman–Crippen MR) is 71.8 cm³/mol. The summed E-state index contributed by atoms with van der Waals surface area (Å²) in [5, 5.41) is 23.4. The van der Waals surface area contributed by atoms with Crippen LogP contribution in [0.4, 0.5) is 0 Å². The topological polar surface area (TPSA) is 97.8 Å². The molecule has 1 fully saturated rings. The van der Waals surface area contributed by atoms with Gasteiger partial charge in [0.25, 0.3) is 5.89 Å². The number of hydrogen-bond acceptors (Lipinski definition) is 7. The van der Waals surface area contributed by atoms with Crippen LogP contribution in [0.2, 0.25) is 0 Å². The van der Waals surface area contributed by atoms with Crippen LogP contribution in [-0.4, -0.2) is 40.7 Å². The quantitative estimate of drug-likeness (QED) is 0.832. The second-order valence-electron chi connectivity index (χ2n) is 4.91. The first-order valence-electron chi connectivity index (χ1n) is 6.65. The first kappa shape index (κ1) is 13.8. The minimum absolute atomic E-state index is 0.140. The highest BCUT2D eigenvalue weighted by molar-refractivity contribution is 5.66. The monoisotopic (exact) mass is 292 g/mol. The Bertz CT molecular complexity index is 634. The van der Waals surface area contributed by atoms with Crippen molar-refractivity contribution in [1.29, 1.82) is 0 Å². The van der Waals surface area contributed by atoms with Crippen LogP contribution in [0, 0.1) is 0 Å². The number of aromatic hydroxyl groups is 2.